The van der Waals surface area contributed by atoms with Crippen molar-refractivity contribution in [1.29, 1.82) is 0 Å². The molecule has 0 spiro atoms. The van der Waals surface area contributed by atoms with E-state index in [2.05, 4.69) is 10.6 Å². The van der Waals surface area contributed by atoms with Gasteiger partial charge >= 0.3 is 0 Å². The number of carbonyl (C=O) groups is 2. The molecule has 1 aromatic carbocycles. The number of rotatable bonds is 5. The van der Waals surface area contributed by atoms with E-state index in [1.165, 1.54) is 24.3 Å². The number of hydrogen-bond acceptors (Lipinski definition) is 4. The lowest BCUT2D eigenvalue weighted by Crippen LogP contribution is -2.37. The predicted octanol–water partition coefficient (Wildman–Crippen LogP) is -0.230. The number of nitrogens with two attached hydrogens (primary N) is 1. The molecule has 0 aromatic heterocycles. The Morgan fingerprint density at radius 3 is 2.41 bits per heavy atom. The normalized spacial score (nSPS) is 24.0. The van der Waals surface area contributed by atoms with E-state index in [0.29, 0.717) is 18.4 Å². The minimum Gasteiger partial charge on any atom is -0.391 e. The molecule has 22 heavy (non-hydrogen) atoms. The Balaban J connectivity index is 1.68. The van der Waals surface area contributed by atoms with Gasteiger partial charge in [0.1, 0.15) is 5.82 Å². The Hall–Kier alpha value is -1.99. The molecule has 1 aromatic rings. The molecule has 2 amide bonds. The third kappa shape index (κ3) is 4.25. The summed E-state index contributed by atoms with van der Waals surface area (Å²) in [5.74, 6) is -1.17. The van der Waals surface area contributed by atoms with Crippen LogP contribution in [-0.4, -0.2) is 42.2 Å². The molecule has 0 bridgehead atoms. The zero-order valence-electron chi connectivity index (χ0n) is 12.1. The third-order valence-electron chi connectivity index (χ3n) is 3.76. The number of aliphatic hydroxyl groups excluding tert-OH is 1. The van der Waals surface area contributed by atoms with Gasteiger partial charge in [0.25, 0.3) is 5.91 Å². The summed E-state index contributed by atoms with van der Waals surface area (Å²) in [7, 11) is 0. The number of aliphatic hydroxyl groups is 1. The van der Waals surface area contributed by atoms with Gasteiger partial charge in [-0.1, -0.05) is 0 Å². The predicted molar refractivity (Wildman–Crippen MR) is 78.4 cm³/mol. The van der Waals surface area contributed by atoms with Gasteiger partial charge in [0.05, 0.1) is 6.10 Å². The van der Waals surface area contributed by atoms with Crippen molar-refractivity contribution in [2.75, 3.05) is 13.1 Å². The van der Waals surface area contributed by atoms with Crippen LogP contribution in [0.2, 0.25) is 0 Å². The summed E-state index contributed by atoms with van der Waals surface area (Å²) in [4.78, 5) is 23.6. The summed E-state index contributed by atoms with van der Waals surface area (Å²) in [6, 6.07) is 4.86. The standard InChI is InChI=1S/C15H20FN3O3/c16-11-3-1-9(2-4-11)14(21)18-5-6-19-15(22)10-7-12(17)13(20)8-10/h1-4,10,12-13,20H,5-8,17H2,(H,18,21)(H,19,22)/t10-,12-,13-/m0/s1. The molecule has 1 fully saturated rings. The fraction of sp³-hybridized carbons (Fsp3) is 0.467. The first kappa shape index (κ1) is 16.4. The lowest BCUT2D eigenvalue weighted by Gasteiger charge is -2.11. The van der Waals surface area contributed by atoms with Gasteiger partial charge in [0.15, 0.2) is 0 Å². The van der Waals surface area contributed by atoms with Gasteiger partial charge in [-0.3, -0.25) is 9.59 Å². The number of amides is 2. The van der Waals surface area contributed by atoms with Crippen LogP contribution in [0.15, 0.2) is 24.3 Å². The van der Waals surface area contributed by atoms with Crippen LogP contribution < -0.4 is 16.4 Å². The maximum absolute atomic E-state index is 12.7. The van der Waals surface area contributed by atoms with Crippen LogP contribution in [0.25, 0.3) is 0 Å². The van der Waals surface area contributed by atoms with Gasteiger partial charge in [-0.05, 0) is 37.1 Å². The monoisotopic (exact) mass is 309 g/mol. The van der Waals surface area contributed by atoms with Crippen LogP contribution in [0.1, 0.15) is 23.2 Å². The first-order chi connectivity index (χ1) is 10.5. The van der Waals surface area contributed by atoms with Crippen LogP contribution in [0, 0.1) is 11.7 Å². The molecule has 0 heterocycles. The molecule has 2 rings (SSSR count). The zero-order valence-corrected chi connectivity index (χ0v) is 12.1. The Morgan fingerprint density at radius 1 is 1.18 bits per heavy atom. The Labute approximate surface area is 127 Å². The van der Waals surface area contributed by atoms with Crippen LogP contribution in [-0.2, 0) is 4.79 Å². The molecule has 0 aliphatic heterocycles. The topological polar surface area (TPSA) is 104 Å². The summed E-state index contributed by atoms with van der Waals surface area (Å²) < 4.78 is 12.7. The largest absolute Gasteiger partial charge is 0.391 e. The van der Waals surface area contributed by atoms with Crippen molar-refractivity contribution in [1.82, 2.24) is 10.6 Å². The van der Waals surface area contributed by atoms with E-state index in [1.807, 2.05) is 0 Å². The molecular formula is C15H20FN3O3. The SMILES string of the molecule is N[C@H]1C[C@H](C(=O)NCCNC(=O)c2ccc(F)cc2)C[C@@H]1O. The molecule has 7 heteroatoms. The minimum atomic E-state index is -0.631. The number of halogens is 1. The van der Waals surface area contributed by atoms with Crippen molar-refractivity contribution in [2.45, 2.75) is 25.0 Å². The lowest BCUT2D eigenvalue weighted by molar-refractivity contribution is -0.125. The van der Waals surface area contributed by atoms with E-state index in [0.717, 1.165) is 0 Å². The van der Waals surface area contributed by atoms with Crippen molar-refractivity contribution >= 4 is 11.8 Å². The molecule has 1 aliphatic carbocycles. The van der Waals surface area contributed by atoms with E-state index < -0.39 is 11.9 Å². The third-order valence-corrected chi connectivity index (χ3v) is 3.76. The molecule has 1 aliphatic rings. The van der Waals surface area contributed by atoms with Crippen LogP contribution in [0.5, 0.6) is 0 Å². The van der Waals surface area contributed by atoms with Gasteiger partial charge in [-0.2, -0.15) is 0 Å². The second kappa shape index (κ2) is 7.33. The smallest absolute Gasteiger partial charge is 0.251 e. The molecule has 120 valence electrons. The highest BCUT2D eigenvalue weighted by molar-refractivity contribution is 5.94. The highest BCUT2D eigenvalue weighted by atomic mass is 19.1. The fourth-order valence-electron chi connectivity index (χ4n) is 2.47. The quantitative estimate of drug-likeness (QED) is 0.564. The number of nitrogens with one attached hydrogen (secondary N) is 2. The first-order valence-corrected chi connectivity index (χ1v) is 7.22. The van der Waals surface area contributed by atoms with Gasteiger partial charge in [-0.25, -0.2) is 4.39 Å². The lowest BCUT2D eigenvalue weighted by atomic mass is 10.1. The van der Waals surface area contributed by atoms with E-state index in [4.69, 9.17) is 5.73 Å². The second-order valence-electron chi connectivity index (χ2n) is 5.45. The fourth-order valence-corrected chi connectivity index (χ4v) is 2.47. The van der Waals surface area contributed by atoms with Crippen LogP contribution in [0.3, 0.4) is 0 Å². The van der Waals surface area contributed by atoms with Gasteiger partial charge < -0.3 is 21.5 Å². The van der Waals surface area contributed by atoms with Crippen molar-refractivity contribution < 1.29 is 19.1 Å². The van der Waals surface area contributed by atoms with Crippen LogP contribution >= 0.6 is 0 Å². The summed E-state index contributed by atoms with van der Waals surface area (Å²) >= 11 is 0. The zero-order chi connectivity index (χ0) is 16.1. The Kier molecular flexibility index (Phi) is 5.46. The minimum absolute atomic E-state index is 0.164. The van der Waals surface area contributed by atoms with E-state index >= 15 is 0 Å². The first-order valence-electron chi connectivity index (χ1n) is 7.22. The Bertz CT molecular complexity index is 525. The molecule has 0 radical (unpaired) electrons. The summed E-state index contributed by atoms with van der Waals surface area (Å²) in [6.07, 6.45) is 0.207. The van der Waals surface area contributed by atoms with E-state index in [-0.39, 0.29) is 36.9 Å². The maximum Gasteiger partial charge on any atom is 0.251 e. The molecule has 3 atom stereocenters. The van der Waals surface area contributed by atoms with Gasteiger partial charge in [0, 0.05) is 30.6 Å². The highest BCUT2D eigenvalue weighted by Crippen LogP contribution is 2.24. The summed E-state index contributed by atoms with van der Waals surface area (Å²) in [5, 5.41) is 14.9. The van der Waals surface area contributed by atoms with Crippen molar-refractivity contribution in [3.05, 3.63) is 35.6 Å². The molecule has 5 N–H and O–H groups in total. The van der Waals surface area contributed by atoms with Gasteiger partial charge in [0.2, 0.25) is 5.91 Å². The Morgan fingerprint density at radius 2 is 1.82 bits per heavy atom. The average Bonchev–Trinajstić information content (AvgIpc) is 2.83. The summed E-state index contributed by atoms with van der Waals surface area (Å²) in [5.41, 5.74) is 6.02. The van der Waals surface area contributed by atoms with Crippen LogP contribution in [0.4, 0.5) is 4.39 Å². The van der Waals surface area contributed by atoms with Crippen molar-refractivity contribution in [3.63, 3.8) is 0 Å². The molecule has 1 saturated carbocycles. The number of benzene rings is 1. The maximum atomic E-state index is 12.7. The van der Waals surface area contributed by atoms with Gasteiger partial charge in [-0.15, -0.1) is 0 Å². The number of hydrogen-bond donors (Lipinski definition) is 4. The molecule has 0 saturated heterocycles. The number of carbonyl (C=O) groups excluding carboxylic acids is 2. The average molecular weight is 309 g/mol. The second-order valence-corrected chi connectivity index (χ2v) is 5.45. The van der Waals surface area contributed by atoms with Crippen molar-refractivity contribution in [3.8, 4) is 0 Å². The molecule has 0 unspecified atom stereocenters. The van der Waals surface area contributed by atoms with E-state index in [1.54, 1.807) is 0 Å². The molecular weight excluding hydrogens is 289 g/mol. The summed E-state index contributed by atoms with van der Waals surface area (Å²) in [6.45, 7) is 0.552. The van der Waals surface area contributed by atoms with E-state index in [9.17, 15) is 19.1 Å². The molecule has 6 nitrogen and oxygen atoms in total. The highest BCUT2D eigenvalue weighted by Gasteiger charge is 2.34. The van der Waals surface area contributed by atoms with Crippen molar-refractivity contribution in [2.24, 2.45) is 11.7 Å².